The number of aromatic nitrogens is 2. The second kappa shape index (κ2) is 18.1. The maximum Gasteiger partial charge on any atom is 0.339 e. The lowest BCUT2D eigenvalue weighted by atomic mass is 10.1. The molecule has 280 valence electrons. The first-order chi connectivity index (χ1) is 26.6. The Hall–Kier alpha value is -5.35. The van der Waals surface area contributed by atoms with Gasteiger partial charge in [0.25, 0.3) is 0 Å². The molecule has 0 radical (unpaired) electrons. The zero-order valence-electron chi connectivity index (χ0n) is 30.6. The molecule has 54 heavy (non-hydrogen) atoms. The zero-order valence-corrected chi connectivity index (χ0v) is 30.6. The predicted molar refractivity (Wildman–Crippen MR) is 214 cm³/mol. The highest BCUT2D eigenvalue weighted by Gasteiger charge is 2.19. The number of aliphatic hydroxyl groups is 1. The number of nitrogens with zero attached hydrogens (tertiary/aromatic N) is 2. The van der Waals surface area contributed by atoms with Crippen LogP contribution >= 0.6 is 0 Å². The molecule has 0 fully saturated rings. The zero-order chi connectivity index (χ0) is 37.1. The van der Waals surface area contributed by atoms with Crippen LogP contribution in [-0.4, -0.2) is 71.6 Å². The minimum absolute atomic E-state index is 0.0375. The molecule has 0 aliphatic heterocycles. The number of fused-ring (bicyclic) bond motifs is 6. The highest BCUT2D eigenvalue weighted by molar-refractivity contribution is 6.08. The summed E-state index contributed by atoms with van der Waals surface area (Å²) in [7, 11) is 0. The number of benzene rings is 5. The normalized spacial score (nSPS) is 11.6. The van der Waals surface area contributed by atoms with Crippen molar-refractivity contribution in [2.24, 2.45) is 0 Å². The second-order valence-electron chi connectivity index (χ2n) is 13.4. The fourth-order valence-corrected chi connectivity index (χ4v) is 7.42. The van der Waals surface area contributed by atoms with Crippen molar-refractivity contribution in [3.63, 3.8) is 0 Å². The largest absolute Gasteiger partial charge is 0.494 e. The average molecular weight is 729 g/mol. The number of carboxylic acid groups (broad SMARTS) is 1. The van der Waals surface area contributed by atoms with Crippen molar-refractivity contribution in [2.75, 3.05) is 46.2 Å². The van der Waals surface area contributed by atoms with Crippen LogP contribution in [0.2, 0.25) is 0 Å². The van der Waals surface area contributed by atoms with E-state index in [1.165, 1.54) is 43.6 Å². The molecule has 0 atom stereocenters. The monoisotopic (exact) mass is 728 g/mol. The Morgan fingerprint density at radius 1 is 0.537 bits per heavy atom. The van der Waals surface area contributed by atoms with Crippen molar-refractivity contribution in [3.8, 4) is 11.5 Å². The van der Waals surface area contributed by atoms with E-state index in [1.807, 2.05) is 6.07 Å². The van der Waals surface area contributed by atoms with Gasteiger partial charge in [0.15, 0.2) is 0 Å². The molecular formula is C45H48N2O7. The predicted octanol–water partition coefficient (Wildman–Crippen LogP) is 8.89. The lowest BCUT2D eigenvalue weighted by Crippen LogP contribution is -2.12. The number of rotatable bonds is 21. The second-order valence-corrected chi connectivity index (χ2v) is 13.4. The summed E-state index contributed by atoms with van der Waals surface area (Å²) >= 11 is 0. The van der Waals surface area contributed by atoms with E-state index in [0.29, 0.717) is 51.0 Å². The summed E-state index contributed by atoms with van der Waals surface area (Å²) < 4.78 is 28.3. The fourth-order valence-electron chi connectivity index (χ4n) is 7.42. The summed E-state index contributed by atoms with van der Waals surface area (Å²) in [4.78, 5) is 12.6. The number of unbranched alkanes of at least 4 members (excludes halogenated alkanes) is 2. The third kappa shape index (κ3) is 8.39. The van der Waals surface area contributed by atoms with Crippen molar-refractivity contribution >= 4 is 49.6 Å². The third-order valence-corrected chi connectivity index (χ3v) is 9.92. The first-order valence-corrected chi connectivity index (χ1v) is 19.0. The van der Waals surface area contributed by atoms with Gasteiger partial charge in [-0.05, 0) is 68.5 Å². The number of aromatic carboxylic acids is 1. The van der Waals surface area contributed by atoms with Crippen LogP contribution in [0.3, 0.4) is 0 Å². The molecular weight excluding hydrogens is 681 g/mol. The van der Waals surface area contributed by atoms with Gasteiger partial charge in [-0.25, -0.2) is 4.79 Å². The van der Waals surface area contributed by atoms with Gasteiger partial charge in [-0.2, -0.15) is 0 Å². The van der Waals surface area contributed by atoms with Crippen LogP contribution in [0.25, 0.3) is 43.6 Å². The maximum absolute atomic E-state index is 12.6. The van der Waals surface area contributed by atoms with E-state index in [4.69, 9.17) is 24.1 Å². The molecule has 0 saturated carbocycles. The molecule has 2 aromatic heterocycles. The Kier molecular flexibility index (Phi) is 12.4. The summed E-state index contributed by atoms with van der Waals surface area (Å²) in [6.45, 7) is 3.83. The topological polar surface area (TPSA) is 104 Å². The van der Waals surface area contributed by atoms with Crippen LogP contribution in [0.4, 0.5) is 0 Å². The van der Waals surface area contributed by atoms with E-state index < -0.39 is 5.97 Å². The van der Waals surface area contributed by atoms with Crippen molar-refractivity contribution in [3.05, 3.63) is 120 Å². The summed E-state index contributed by atoms with van der Waals surface area (Å²) in [6.07, 6.45) is 3.78. The molecule has 9 heteroatoms. The standard InChI is InChI=1S/C45H48N2O7/c48-24-28-52-30-29-51-27-21-33-31-34(53-25-11-9-22-46-40-17-5-1-13-35(40)36-14-2-6-18-41(36)46)32-39(45(49)50)44(33)54-26-12-10-23-47-42-19-7-3-15-37(42)38-16-4-8-20-43(38)47/h1-8,13-20,31-32,48H,9-12,21-30H2,(H,49,50). The fraction of sp³-hybridized carbons (Fsp3) is 0.311. The van der Waals surface area contributed by atoms with Crippen molar-refractivity contribution in [1.82, 2.24) is 9.13 Å². The van der Waals surface area contributed by atoms with Crippen LogP contribution in [0.5, 0.6) is 11.5 Å². The molecule has 7 rings (SSSR count). The van der Waals surface area contributed by atoms with E-state index in [0.717, 1.165) is 44.3 Å². The number of aliphatic hydroxyl groups excluding tert-OH is 1. The van der Waals surface area contributed by atoms with Crippen molar-refractivity contribution in [1.29, 1.82) is 0 Å². The van der Waals surface area contributed by atoms with Crippen molar-refractivity contribution in [2.45, 2.75) is 45.2 Å². The lowest BCUT2D eigenvalue weighted by molar-refractivity contribution is 0.0339. The van der Waals surface area contributed by atoms with Gasteiger partial charge in [-0.1, -0.05) is 72.8 Å². The quantitative estimate of drug-likeness (QED) is 0.0713. The van der Waals surface area contributed by atoms with E-state index in [2.05, 4.69) is 106 Å². The highest BCUT2D eigenvalue weighted by atomic mass is 16.5. The van der Waals surface area contributed by atoms with E-state index >= 15 is 0 Å². The Bertz CT molecular complexity index is 2220. The van der Waals surface area contributed by atoms with Crippen LogP contribution in [0.15, 0.2) is 109 Å². The number of para-hydroxylation sites is 4. The van der Waals surface area contributed by atoms with Gasteiger partial charge in [-0.3, -0.25) is 0 Å². The number of carbonyl (C=O) groups is 1. The van der Waals surface area contributed by atoms with Gasteiger partial charge >= 0.3 is 5.97 Å². The van der Waals surface area contributed by atoms with Gasteiger partial charge in [0.2, 0.25) is 0 Å². The molecule has 0 bridgehead atoms. The Labute approximate surface area is 315 Å². The third-order valence-electron chi connectivity index (χ3n) is 9.92. The number of hydrogen-bond acceptors (Lipinski definition) is 6. The van der Waals surface area contributed by atoms with Crippen molar-refractivity contribution < 1.29 is 34.0 Å². The number of carboxylic acids is 1. The molecule has 0 unspecified atom stereocenters. The summed E-state index contributed by atoms with van der Waals surface area (Å²) in [6, 6.07) is 37.4. The summed E-state index contributed by atoms with van der Waals surface area (Å²) in [5.41, 5.74) is 5.67. The molecule has 2 N–H and O–H groups in total. The average Bonchev–Trinajstić information content (AvgIpc) is 3.70. The maximum atomic E-state index is 12.6. The van der Waals surface area contributed by atoms with Crippen LogP contribution in [-0.2, 0) is 29.0 Å². The number of ether oxygens (including phenoxy) is 4. The SMILES string of the molecule is O=C(O)c1cc(OCCCCn2c3ccccc3c3ccccc32)cc(CCOCCOCCO)c1OCCCCn1c2ccccc2c2ccccc21. The molecule has 0 aliphatic carbocycles. The molecule has 9 nitrogen and oxygen atoms in total. The highest BCUT2D eigenvalue weighted by Crippen LogP contribution is 2.33. The Morgan fingerprint density at radius 3 is 1.48 bits per heavy atom. The molecule has 2 heterocycles. The van der Waals surface area contributed by atoms with Gasteiger partial charge in [0.1, 0.15) is 17.1 Å². The Morgan fingerprint density at radius 2 is 1.00 bits per heavy atom. The summed E-state index contributed by atoms with van der Waals surface area (Å²) in [5.74, 6) is -0.200. The van der Waals surface area contributed by atoms with E-state index in [9.17, 15) is 9.90 Å². The smallest absolute Gasteiger partial charge is 0.339 e. The van der Waals surface area contributed by atoms with Gasteiger partial charge in [0.05, 0.1) is 46.2 Å². The Balaban J connectivity index is 0.994. The van der Waals surface area contributed by atoms with Crippen LogP contribution < -0.4 is 9.47 Å². The van der Waals surface area contributed by atoms with Gasteiger partial charge in [-0.15, -0.1) is 0 Å². The molecule has 0 spiro atoms. The summed E-state index contributed by atoms with van der Waals surface area (Å²) in [5, 5.41) is 24.3. The van der Waals surface area contributed by atoms with Crippen LogP contribution in [0.1, 0.15) is 41.6 Å². The molecule has 5 aromatic carbocycles. The first kappa shape index (κ1) is 37.0. The lowest BCUT2D eigenvalue weighted by Gasteiger charge is -2.17. The molecule has 0 saturated heterocycles. The molecule has 0 aliphatic rings. The number of aryl methyl sites for hydroxylation is 2. The van der Waals surface area contributed by atoms with Gasteiger partial charge in [0, 0.05) is 62.3 Å². The van der Waals surface area contributed by atoms with Crippen LogP contribution in [0, 0.1) is 0 Å². The minimum Gasteiger partial charge on any atom is -0.494 e. The number of hydrogen-bond donors (Lipinski definition) is 2. The van der Waals surface area contributed by atoms with E-state index in [1.54, 1.807) is 6.07 Å². The molecule has 0 amide bonds. The van der Waals surface area contributed by atoms with Gasteiger partial charge < -0.3 is 38.3 Å². The minimum atomic E-state index is -1.06. The first-order valence-electron chi connectivity index (χ1n) is 19.0. The molecule has 7 aromatic rings. The van der Waals surface area contributed by atoms with E-state index in [-0.39, 0.29) is 18.8 Å².